The molecule has 0 aliphatic heterocycles. The zero-order valence-corrected chi connectivity index (χ0v) is 18.8. The molecule has 0 saturated heterocycles. The molecular formula is C23H22N8O5. The topological polar surface area (TPSA) is 219 Å². The van der Waals surface area contributed by atoms with Gasteiger partial charge in [-0.25, -0.2) is 14.8 Å². The zero-order valence-electron chi connectivity index (χ0n) is 18.8. The molecule has 0 radical (unpaired) electrons. The first-order valence-corrected chi connectivity index (χ1v) is 10.8. The van der Waals surface area contributed by atoms with Crippen molar-refractivity contribution in [3.05, 3.63) is 53.9 Å². The number of nitrogens with one attached hydrogen (secondary N) is 2. The third-order valence-electron chi connectivity index (χ3n) is 5.38. The summed E-state index contributed by atoms with van der Waals surface area (Å²) in [6.45, 7) is 0.276. The van der Waals surface area contributed by atoms with Gasteiger partial charge in [0.2, 0.25) is 5.95 Å². The van der Waals surface area contributed by atoms with Crippen LogP contribution in [0.3, 0.4) is 0 Å². The van der Waals surface area contributed by atoms with Gasteiger partial charge in [-0.15, -0.1) is 0 Å². The van der Waals surface area contributed by atoms with Crippen molar-refractivity contribution in [3.63, 3.8) is 0 Å². The number of fused-ring (bicyclic) bond motifs is 2. The van der Waals surface area contributed by atoms with Gasteiger partial charge >= 0.3 is 11.9 Å². The predicted molar refractivity (Wildman–Crippen MR) is 131 cm³/mol. The number of rotatable bonds is 9. The highest BCUT2D eigenvalue weighted by Crippen LogP contribution is 2.27. The summed E-state index contributed by atoms with van der Waals surface area (Å²) in [5.41, 5.74) is 13.6. The molecule has 1 atom stereocenters. The van der Waals surface area contributed by atoms with Crippen LogP contribution in [0.15, 0.2) is 42.6 Å². The summed E-state index contributed by atoms with van der Waals surface area (Å²) in [5, 5.41) is 25.2. The van der Waals surface area contributed by atoms with Crippen molar-refractivity contribution >= 4 is 57.2 Å². The molecular weight excluding hydrogens is 468 g/mol. The molecule has 2 aromatic carbocycles. The van der Waals surface area contributed by atoms with Gasteiger partial charge < -0.3 is 32.3 Å². The van der Waals surface area contributed by atoms with E-state index in [-0.39, 0.29) is 42.4 Å². The quantitative estimate of drug-likeness (QED) is 0.196. The molecule has 2 heterocycles. The number of hydrogen-bond donors (Lipinski definition) is 6. The highest BCUT2D eigenvalue weighted by atomic mass is 16.4. The zero-order chi connectivity index (χ0) is 25.8. The number of nitrogen functional groups attached to an aromatic ring is 2. The maximum atomic E-state index is 12.9. The van der Waals surface area contributed by atoms with Gasteiger partial charge in [0.05, 0.1) is 18.4 Å². The summed E-state index contributed by atoms with van der Waals surface area (Å²) in [7, 11) is 0. The monoisotopic (exact) mass is 490 g/mol. The van der Waals surface area contributed by atoms with Crippen LogP contribution in [0.25, 0.3) is 21.9 Å². The summed E-state index contributed by atoms with van der Waals surface area (Å²) < 4.78 is 0. The fourth-order valence-electron chi connectivity index (χ4n) is 3.67. The minimum atomic E-state index is -1.33. The van der Waals surface area contributed by atoms with Crippen LogP contribution >= 0.6 is 0 Å². The number of hydrogen-bond acceptors (Lipinski definition) is 10. The first kappa shape index (κ1) is 24.1. The first-order chi connectivity index (χ1) is 17.2. The third-order valence-corrected chi connectivity index (χ3v) is 5.38. The Morgan fingerprint density at radius 1 is 0.972 bits per heavy atom. The highest BCUT2D eigenvalue weighted by molar-refractivity contribution is 6.11. The second kappa shape index (κ2) is 10.0. The van der Waals surface area contributed by atoms with Crippen LogP contribution in [0, 0.1) is 0 Å². The Morgan fingerprint density at radius 2 is 1.72 bits per heavy atom. The van der Waals surface area contributed by atoms with E-state index in [2.05, 4.69) is 30.6 Å². The molecule has 36 heavy (non-hydrogen) atoms. The summed E-state index contributed by atoms with van der Waals surface area (Å²) in [4.78, 5) is 51.8. The summed E-state index contributed by atoms with van der Waals surface area (Å²) in [6.07, 6.45) is 0.918. The van der Waals surface area contributed by atoms with Crippen molar-refractivity contribution in [2.45, 2.75) is 25.4 Å². The van der Waals surface area contributed by atoms with Gasteiger partial charge in [0.1, 0.15) is 6.04 Å². The van der Waals surface area contributed by atoms with E-state index in [0.717, 1.165) is 0 Å². The Labute approximate surface area is 203 Å². The first-order valence-electron chi connectivity index (χ1n) is 10.8. The number of carboxylic acid groups (broad SMARTS) is 2. The van der Waals surface area contributed by atoms with E-state index in [1.165, 1.54) is 6.20 Å². The number of aromatic nitrogens is 4. The van der Waals surface area contributed by atoms with Gasteiger partial charge in [0, 0.05) is 23.1 Å². The van der Waals surface area contributed by atoms with Crippen molar-refractivity contribution in [3.8, 4) is 0 Å². The van der Waals surface area contributed by atoms with Gasteiger partial charge in [0.15, 0.2) is 17.0 Å². The maximum absolute atomic E-state index is 12.9. The number of carbonyl (C=O) groups excluding carboxylic acids is 1. The van der Waals surface area contributed by atoms with Crippen molar-refractivity contribution in [1.82, 2.24) is 25.3 Å². The van der Waals surface area contributed by atoms with E-state index in [1.54, 1.807) is 30.3 Å². The summed E-state index contributed by atoms with van der Waals surface area (Å²) >= 11 is 0. The molecule has 1 amide bonds. The molecule has 0 saturated carbocycles. The smallest absolute Gasteiger partial charge is 0.326 e. The summed E-state index contributed by atoms with van der Waals surface area (Å²) in [6, 6.07) is 9.04. The molecule has 13 nitrogen and oxygen atoms in total. The largest absolute Gasteiger partial charge is 0.481 e. The van der Waals surface area contributed by atoms with E-state index >= 15 is 0 Å². The van der Waals surface area contributed by atoms with Crippen LogP contribution in [-0.2, 0) is 16.1 Å². The Morgan fingerprint density at radius 3 is 2.44 bits per heavy atom. The van der Waals surface area contributed by atoms with E-state index in [0.29, 0.717) is 27.7 Å². The van der Waals surface area contributed by atoms with E-state index < -0.39 is 23.9 Å². The number of nitrogens with zero attached hydrogens (tertiary/aromatic N) is 4. The number of nitrogens with two attached hydrogens (primary N) is 2. The lowest BCUT2D eigenvalue weighted by atomic mass is 10.0. The average Bonchev–Trinajstić information content (AvgIpc) is 2.84. The average molecular weight is 490 g/mol. The number of carbonyl (C=O) groups is 3. The molecule has 2 aromatic heterocycles. The number of benzene rings is 2. The van der Waals surface area contributed by atoms with Crippen molar-refractivity contribution < 1.29 is 24.6 Å². The Bertz CT molecular complexity index is 1490. The standard InChI is InChI=1S/C23H22N8O5/c24-19-18-20(31-23(25)30-19)27-10-11(28-18)9-26-15-6-5-14(12-3-1-2-4-13(12)15)21(34)29-16(22(35)36)7-8-17(32)33/h1-6,10,16,26H,7-9H2,(H,29,34)(H,32,33)(H,35,36)(H4,24,25,27,30,31)/t16-/m0/s1. The lowest BCUT2D eigenvalue weighted by Gasteiger charge is -2.16. The van der Waals surface area contributed by atoms with Crippen molar-refractivity contribution in [2.24, 2.45) is 0 Å². The molecule has 4 rings (SSSR count). The molecule has 0 aliphatic rings. The van der Waals surface area contributed by atoms with Gasteiger partial charge in [0.25, 0.3) is 5.91 Å². The Hall–Kier alpha value is -5.07. The Balaban J connectivity index is 1.57. The molecule has 184 valence electrons. The van der Waals surface area contributed by atoms with Crippen molar-refractivity contribution in [2.75, 3.05) is 16.8 Å². The van der Waals surface area contributed by atoms with Crippen LogP contribution in [0.2, 0.25) is 0 Å². The minimum absolute atomic E-state index is 0.00679. The van der Waals surface area contributed by atoms with E-state index in [9.17, 15) is 19.5 Å². The molecule has 13 heteroatoms. The summed E-state index contributed by atoms with van der Waals surface area (Å²) in [5.74, 6) is -2.95. The third kappa shape index (κ3) is 5.19. The fourth-order valence-corrected chi connectivity index (χ4v) is 3.67. The molecule has 0 unspecified atom stereocenters. The second-order valence-electron chi connectivity index (χ2n) is 7.86. The molecule has 8 N–H and O–H groups in total. The van der Waals surface area contributed by atoms with Gasteiger partial charge in [-0.2, -0.15) is 9.97 Å². The van der Waals surface area contributed by atoms with Gasteiger partial charge in [-0.1, -0.05) is 24.3 Å². The fraction of sp³-hybridized carbons (Fsp3) is 0.174. The van der Waals surface area contributed by atoms with Crippen LogP contribution in [0.5, 0.6) is 0 Å². The van der Waals surface area contributed by atoms with Crippen molar-refractivity contribution in [1.29, 1.82) is 0 Å². The van der Waals surface area contributed by atoms with Gasteiger partial charge in [-0.3, -0.25) is 9.59 Å². The SMILES string of the molecule is Nc1nc(N)c2nc(CNc3ccc(C(=O)N[C@@H](CCC(=O)O)C(=O)O)c4ccccc34)cnc2n1. The number of carboxylic acids is 2. The normalized spacial score (nSPS) is 11.8. The van der Waals surface area contributed by atoms with E-state index in [4.69, 9.17) is 16.6 Å². The van der Waals surface area contributed by atoms with Crippen LogP contribution in [-0.4, -0.2) is 54.0 Å². The lowest BCUT2D eigenvalue weighted by molar-refractivity contribution is -0.140. The molecule has 0 bridgehead atoms. The Kier molecular flexibility index (Phi) is 6.72. The minimum Gasteiger partial charge on any atom is -0.481 e. The van der Waals surface area contributed by atoms with Crippen LogP contribution in [0.4, 0.5) is 17.5 Å². The number of amides is 1. The molecule has 0 spiro atoms. The number of aliphatic carboxylic acids is 2. The maximum Gasteiger partial charge on any atom is 0.326 e. The van der Waals surface area contributed by atoms with E-state index in [1.807, 2.05) is 6.07 Å². The molecule has 0 aliphatic carbocycles. The highest BCUT2D eigenvalue weighted by Gasteiger charge is 2.23. The molecule has 4 aromatic rings. The van der Waals surface area contributed by atoms with Crippen LogP contribution < -0.4 is 22.1 Å². The lowest BCUT2D eigenvalue weighted by Crippen LogP contribution is -2.41. The number of anilines is 3. The second-order valence-corrected chi connectivity index (χ2v) is 7.86. The van der Waals surface area contributed by atoms with Gasteiger partial charge in [-0.05, 0) is 23.9 Å². The van der Waals surface area contributed by atoms with Crippen LogP contribution in [0.1, 0.15) is 28.9 Å². The predicted octanol–water partition coefficient (Wildman–Crippen LogP) is 1.40. The molecule has 0 fully saturated rings.